The number of carbonyl (C=O) groups excluding carboxylic acids is 1. The molecule has 0 radical (unpaired) electrons. The van der Waals surface area contributed by atoms with Gasteiger partial charge in [-0.1, -0.05) is 48.0 Å². The molecule has 2 aromatic carbocycles. The number of nitrogens with zero attached hydrogens (tertiary/aromatic N) is 1. The molecule has 1 N–H and O–H groups in total. The van der Waals surface area contributed by atoms with Crippen molar-refractivity contribution in [3.05, 3.63) is 65.2 Å². The van der Waals surface area contributed by atoms with Crippen molar-refractivity contribution in [3.8, 4) is 5.75 Å². The fourth-order valence-corrected chi connectivity index (χ4v) is 2.05. The second kappa shape index (κ2) is 8.25. The summed E-state index contributed by atoms with van der Waals surface area (Å²) < 4.78 is 5.62. The first kappa shape index (κ1) is 16.9. The number of hydrogen-bond acceptors (Lipinski definition) is 2. The molecule has 2 amide bonds. The molecule has 2 rings (SSSR count). The van der Waals surface area contributed by atoms with E-state index >= 15 is 0 Å². The molecule has 5 heteroatoms. The second-order valence-corrected chi connectivity index (χ2v) is 5.50. The zero-order valence-electron chi connectivity index (χ0n) is 13.1. The summed E-state index contributed by atoms with van der Waals surface area (Å²) in [6.07, 6.45) is 3.91. The largest absolute Gasteiger partial charge is 0.488 e. The van der Waals surface area contributed by atoms with Gasteiger partial charge in [0.15, 0.2) is 0 Å². The number of benzene rings is 2. The van der Waals surface area contributed by atoms with Gasteiger partial charge in [-0.3, -0.25) is 0 Å². The molecular formula is C18H19ClN2O2. The van der Waals surface area contributed by atoms with Crippen molar-refractivity contribution in [1.29, 1.82) is 0 Å². The molecule has 0 spiro atoms. The van der Waals surface area contributed by atoms with Crippen LogP contribution in [0.4, 0.5) is 10.5 Å². The van der Waals surface area contributed by atoms with Crippen molar-refractivity contribution in [2.75, 3.05) is 26.0 Å². The molecule has 120 valence electrons. The molecule has 0 aliphatic rings. The van der Waals surface area contributed by atoms with Crippen molar-refractivity contribution < 1.29 is 9.53 Å². The lowest BCUT2D eigenvalue weighted by Gasteiger charge is -2.13. The minimum Gasteiger partial charge on any atom is -0.488 e. The minimum atomic E-state index is -0.208. The number of rotatable bonds is 5. The number of urea groups is 1. The fourth-order valence-electron chi connectivity index (χ4n) is 1.82. The summed E-state index contributed by atoms with van der Waals surface area (Å²) in [5.74, 6) is 0.576. The number of halogens is 1. The van der Waals surface area contributed by atoms with Gasteiger partial charge in [-0.05, 0) is 29.8 Å². The van der Waals surface area contributed by atoms with Crippen LogP contribution in [0.3, 0.4) is 0 Å². The average molecular weight is 331 g/mol. The molecule has 0 saturated heterocycles. The normalized spacial score (nSPS) is 10.6. The molecule has 0 unspecified atom stereocenters. The Hall–Kier alpha value is -2.46. The van der Waals surface area contributed by atoms with Crippen LogP contribution in [-0.4, -0.2) is 31.6 Å². The first-order valence-corrected chi connectivity index (χ1v) is 7.56. The lowest BCUT2D eigenvalue weighted by molar-refractivity contribution is 0.230. The van der Waals surface area contributed by atoms with Crippen LogP contribution in [0.1, 0.15) is 5.56 Å². The Morgan fingerprint density at radius 3 is 2.61 bits per heavy atom. The van der Waals surface area contributed by atoms with Gasteiger partial charge in [0, 0.05) is 19.8 Å². The molecule has 4 nitrogen and oxygen atoms in total. The van der Waals surface area contributed by atoms with E-state index in [0.29, 0.717) is 23.1 Å². The van der Waals surface area contributed by atoms with Gasteiger partial charge in [0.25, 0.3) is 0 Å². The monoisotopic (exact) mass is 330 g/mol. The molecule has 23 heavy (non-hydrogen) atoms. The van der Waals surface area contributed by atoms with Crippen molar-refractivity contribution in [3.63, 3.8) is 0 Å². The summed E-state index contributed by atoms with van der Waals surface area (Å²) in [7, 11) is 3.35. The smallest absolute Gasteiger partial charge is 0.321 e. The van der Waals surface area contributed by atoms with Crippen molar-refractivity contribution >= 4 is 29.4 Å². The van der Waals surface area contributed by atoms with Crippen molar-refractivity contribution in [1.82, 2.24) is 4.90 Å². The summed E-state index contributed by atoms with van der Waals surface area (Å²) in [4.78, 5) is 13.0. The average Bonchev–Trinajstić information content (AvgIpc) is 2.54. The Balaban J connectivity index is 1.91. The maximum atomic E-state index is 11.6. The van der Waals surface area contributed by atoms with Crippen LogP contribution in [0.2, 0.25) is 5.02 Å². The minimum absolute atomic E-state index is 0.208. The van der Waals surface area contributed by atoms with Crippen LogP contribution in [-0.2, 0) is 0 Å². The molecule has 0 fully saturated rings. The van der Waals surface area contributed by atoms with Gasteiger partial charge in [0.05, 0.1) is 5.02 Å². The van der Waals surface area contributed by atoms with E-state index in [1.54, 1.807) is 32.3 Å². The predicted molar refractivity (Wildman–Crippen MR) is 95.1 cm³/mol. The zero-order valence-corrected chi connectivity index (χ0v) is 13.9. The molecule has 0 bridgehead atoms. The molecule has 0 atom stereocenters. The van der Waals surface area contributed by atoms with Crippen LogP contribution in [0.5, 0.6) is 5.75 Å². The maximum Gasteiger partial charge on any atom is 0.321 e. The van der Waals surface area contributed by atoms with E-state index in [9.17, 15) is 4.79 Å². The van der Waals surface area contributed by atoms with Gasteiger partial charge in [0.1, 0.15) is 12.4 Å². The third-order valence-corrected chi connectivity index (χ3v) is 3.33. The van der Waals surface area contributed by atoms with Gasteiger partial charge in [-0.2, -0.15) is 0 Å². The SMILES string of the molecule is CN(C)C(=O)Nc1ccc(OC/C=C/c2ccccc2)c(Cl)c1. The molecule has 0 saturated carbocycles. The van der Waals surface area contributed by atoms with Crippen LogP contribution in [0, 0.1) is 0 Å². The number of amides is 2. The van der Waals surface area contributed by atoms with Crippen molar-refractivity contribution in [2.45, 2.75) is 0 Å². The Kier molecular flexibility index (Phi) is 6.06. The highest BCUT2D eigenvalue weighted by Crippen LogP contribution is 2.27. The van der Waals surface area contributed by atoms with Gasteiger partial charge < -0.3 is 15.0 Å². The standard InChI is InChI=1S/C18H19ClN2O2/c1-21(2)18(22)20-15-10-11-17(16(19)13-15)23-12-6-9-14-7-4-3-5-8-14/h3-11,13H,12H2,1-2H3,(H,20,22)/b9-6+. The lowest BCUT2D eigenvalue weighted by atomic mass is 10.2. The number of ether oxygens (including phenoxy) is 1. The topological polar surface area (TPSA) is 41.6 Å². The van der Waals surface area contributed by atoms with E-state index in [0.717, 1.165) is 5.56 Å². The number of anilines is 1. The molecule has 0 aromatic heterocycles. The summed E-state index contributed by atoms with van der Waals surface area (Å²) in [5, 5.41) is 3.18. The van der Waals surface area contributed by atoms with Crippen LogP contribution >= 0.6 is 11.6 Å². The van der Waals surface area contributed by atoms with Crippen LogP contribution < -0.4 is 10.1 Å². The molecule has 0 aliphatic carbocycles. The highest BCUT2D eigenvalue weighted by atomic mass is 35.5. The van der Waals surface area contributed by atoms with E-state index in [2.05, 4.69) is 5.32 Å². The van der Waals surface area contributed by atoms with Gasteiger partial charge in [0.2, 0.25) is 0 Å². The summed E-state index contributed by atoms with van der Waals surface area (Å²) >= 11 is 6.17. The Morgan fingerprint density at radius 1 is 1.22 bits per heavy atom. The first-order valence-electron chi connectivity index (χ1n) is 7.18. The van der Waals surface area contributed by atoms with Crippen molar-refractivity contribution in [2.24, 2.45) is 0 Å². The molecule has 2 aromatic rings. The third kappa shape index (κ3) is 5.34. The fraction of sp³-hybridized carbons (Fsp3) is 0.167. The van der Waals surface area contributed by atoms with Crippen LogP contribution in [0.25, 0.3) is 6.08 Å². The molecular weight excluding hydrogens is 312 g/mol. The van der Waals surface area contributed by atoms with Gasteiger partial charge >= 0.3 is 6.03 Å². The quantitative estimate of drug-likeness (QED) is 0.875. The Morgan fingerprint density at radius 2 is 1.96 bits per heavy atom. The highest BCUT2D eigenvalue weighted by molar-refractivity contribution is 6.32. The summed E-state index contributed by atoms with van der Waals surface area (Å²) in [6.45, 7) is 0.415. The maximum absolute atomic E-state index is 11.6. The van der Waals surface area contributed by atoms with E-state index in [4.69, 9.17) is 16.3 Å². The van der Waals surface area contributed by atoms with Crippen LogP contribution in [0.15, 0.2) is 54.6 Å². The van der Waals surface area contributed by atoms with Gasteiger partial charge in [-0.25, -0.2) is 4.79 Å². The summed E-state index contributed by atoms with van der Waals surface area (Å²) in [6, 6.07) is 14.9. The van der Waals surface area contributed by atoms with E-state index < -0.39 is 0 Å². The lowest BCUT2D eigenvalue weighted by Crippen LogP contribution is -2.27. The molecule has 0 heterocycles. The second-order valence-electron chi connectivity index (χ2n) is 5.09. The summed E-state index contributed by atoms with van der Waals surface area (Å²) in [5.41, 5.74) is 1.74. The third-order valence-electron chi connectivity index (χ3n) is 3.03. The number of carbonyl (C=O) groups is 1. The zero-order chi connectivity index (χ0) is 16.7. The van der Waals surface area contributed by atoms with Gasteiger partial charge in [-0.15, -0.1) is 0 Å². The van der Waals surface area contributed by atoms with E-state index in [1.165, 1.54) is 4.90 Å². The van der Waals surface area contributed by atoms with E-state index in [-0.39, 0.29) is 6.03 Å². The predicted octanol–water partition coefficient (Wildman–Crippen LogP) is 4.53. The number of nitrogens with one attached hydrogen (secondary N) is 1. The molecule has 0 aliphatic heterocycles. The Bertz CT molecular complexity index is 685. The first-order chi connectivity index (χ1) is 11.1. The Labute approximate surface area is 141 Å². The number of hydrogen-bond donors (Lipinski definition) is 1. The highest BCUT2D eigenvalue weighted by Gasteiger charge is 2.07. The van der Waals surface area contributed by atoms with E-state index in [1.807, 2.05) is 42.5 Å².